The van der Waals surface area contributed by atoms with Crippen molar-refractivity contribution in [3.8, 4) is 11.5 Å². The van der Waals surface area contributed by atoms with Crippen LogP contribution in [0.5, 0.6) is 11.5 Å². The predicted molar refractivity (Wildman–Crippen MR) is 94.1 cm³/mol. The van der Waals surface area contributed by atoms with Crippen molar-refractivity contribution in [1.82, 2.24) is 5.32 Å². The van der Waals surface area contributed by atoms with Crippen LogP contribution in [-0.4, -0.2) is 19.3 Å². The molecule has 0 aliphatic carbocycles. The average Bonchev–Trinajstić information content (AvgIpc) is 2.54. The largest absolute Gasteiger partial charge is 0.497 e. The van der Waals surface area contributed by atoms with Crippen molar-refractivity contribution in [2.45, 2.75) is 6.54 Å². The van der Waals surface area contributed by atoms with Gasteiger partial charge in [-0.05, 0) is 36.0 Å². The fourth-order valence-corrected chi connectivity index (χ4v) is 2.28. The smallest absolute Gasteiger partial charge is 0.171 e. The van der Waals surface area contributed by atoms with Crippen molar-refractivity contribution in [2.75, 3.05) is 19.5 Å². The molecule has 0 heterocycles. The minimum absolute atomic E-state index is 0.478. The summed E-state index contributed by atoms with van der Waals surface area (Å²) in [6.07, 6.45) is 0. The van der Waals surface area contributed by atoms with Crippen molar-refractivity contribution in [3.63, 3.8) is 0 Å². The van der Waals surface area contributed by atoms with Gasteiger partial charge in [-0.2, -0.15) is 0 Å². The van der Waals surface area contributed by atoms with E-state index in [0.717, 1.165) is 17.0 Å². The van der Waals surface area contributed by atoms with Gasteiger partial charge >= 0.3 is 0 Å². The Hall–Kier alpha value is -1.98. The van der Waals surface area contributed by atoms with Gasteiger partial charge in [-0.3, -0.25) is 0 Å². The molecule has 2 aromatic carbocycles. The molecule has 0 saturated carbocycles. The number of ether oxygens (including phenoxy) is 2. The molecular formula is C16H17ClN2O2S. The van der Waals surface area contributed by atoms with Crippen LogP contribution in [0.15, 0.2) is 42.5 Å². The molecule has 22 heavy (non-hydrogen) atoms. The highest BCUT2D eigenvalue weighted by Gasteiger charge is 2.07. The molecule has 2 N–H and O–H groups in total. The van der Waals surface area contributed by atoms with Crippen LogP contribution < -0.4 is 20.1 Å². The summed E-state index contributed by atoms with van der Waals surface area (Å²) in [5, 5.41) is 7.40. The van der Waals surface area contributed by atoms with Crippen molar-refractivity contribution < 1.29 is 9.47 Å². The molecule has 0 aliphatic heterocycles. The van der Waals surface area contributed by atoms with Crippen LogP contribution in [0.4, 0.5) is 5.69 Å². The number of nitrogens with one attached hydrogen (secondary N) is 2. The van der Waals surface area contributed by atoms with E-state index >= 15 is 0 Å². The molecule has 0 unspecified atom stereocenters. The number of halogens is 1. The highest BCUT2D eigenvalue weighted by Crippen LogP contribution is 2.28. The SMILES string of the molecule is COc1ccc(OC)c(NC(=S)NCc2ccccc2Cl)c1. The van der Waals surface area contributed by atoms with E-state index < -0.39 is 0 Å². The lowest BCUT2D eigenvalue weighted by Crippen LogP contribution is -2.28. The van der Waals surface area contributed by atoms with E-state index in [9.17, 15) is 0 Å². The Morgan fingerprint density at radius 2 is 1.91 bits per heavy atom. The standard InChI is InChI=1S/C16H17ClN2O2S/c1-20-12-7-8-15(21-2)14(9-12)19-16(22)18-10-11-5-3-4-6-13(11)17/h3-9H,10H2,1-2H3,(H2,18,19,22). The van der Waals surface area contributed by atoms with Gasteiger partial charge in [-0.15, -0.1) is 0 Å². The van der Waals surface area contributed by atoms with Gasteiger partial charge in [0.2, 0.25) is 0 Å². The van der Waals surface area contributed by atoms with E-state index in [1.807, 2.05) is 42.5 Å². The summed E-state index contributed by atoms with van der Waals surface area (Å²) in [7, 11) is 3.22. The zero-order valence-corrected chi connectivity index (χ0v) is 13.9. The first-order chi connectivity index (χ1) is 10.6. The van der Waals surface area contributed by atoms with Gasteiger partial charge in [0.1, 0.15) is 11.5 Å². The summed E-state index contributed by atoms with van der Waals surface area (Å²) in [6.45, 7) is 0.539. The Bertz CT molecular complexity index is 664. The second kappa shape index (κ2) is 7.87. The highest BCUT2D eigenvalue weighted by atomic mass is 35.5. The van der Waals surface area contributed by atoms with E-state index in [0.29, 0.717) is 22.4 Å². The lowest BCUT2D eigenvalue weighted by molar-refractivity contribution is 0.405. The minimum Gasteiger partial charge on any atom is -0.497 e. The highest BCUT2D eigenvalue weighted by molar-refractivity contribution is 7.80. The summed E-state index contributed by atoms with van der Waals surface area (Å²) in [5.74, 6) is 1.40. The van der Waals surface area contributed by atoms with Gasteiger partial charge < -0.3 is 20.1 Å². The molecule has 0 aromatic heterocycles. The summed E-state index contributed by atoms with van der Waals surface area (Å²) < 4.78 is 10.5. The molecule has 0 fully saturated rings. The minimum atomic E-state index is 0.478. The van der Waals surface area contributed by atoms with Crippen LogP contribution in [-0.2, 0) is 6.54 Å². The van der Waals surface area contributed by atoms with Gasteiger partial charge in [0, 0.05) is 17.6 Å². The molecule has 6 heteroatoms. The summed E-state index contributed by atoms with van der Waals surface area (Å²) in [6, 6.07) is 13.1. The quantitative estimate of drug-likeness (QED) is 0.812. The fourth-order valence-electron chi connectivity index (χ4n) is 1.90. The topological polar surface area (TPSA) is 42.5 Å². The Morgan fingerprint density at radius 3 is 2.59 bits per heavy atom. The molecule has 0 spiro atoms. The summed E-state index contributed by atoms with van der Waals surface area (Å²) in [4.78, 5) is 0. The second-order valence-corrected chi connectivity index (χ2v) is 5.28. The average molecular weight is 337 g/mol. The maximum atomic E-state index is 6.11. The van der Waals surface area contributed by atoms with Gasteiger partial charge in [0.25, 0.3) is 0 Å². The first-order valence-electron chi connectivity index (χ1n) is 6.64. The molecule has 2 aromatic rings. The Labute approximate surface area is 140 Å². The van der Waals surface area contributed by atoms with Crippen LogP contribution in [0.1, 0.15) is 5.56 Å². The van der Waals surface area contributed by atoms with Crippen LogP contribution in [0.2, 0.25) is 5.02 Å². The van der Waals surface area contributed by atoms with Crippen molar-refractivity contribution in [2.24, 2.45) is 0 Å². The van der Waals surface area contributed by atoms with Gasteiger partial charge in [-0.1, -0.05) is 29.8 Å². The molecular weight excluding hydrogens is 320 g/mol. The van der Waals surface area contributed by atoms with E-state index in [4.69, 9.17) is 33.3 Å². The third kappa shape index (κ3) is 4.26. The molecule has 4 nitrogen and oxygen atoms in total. The maximum absolute atomic E-state index is 6.11. The zero-order chi connectivity index (χ0) is 15.9. The third-order valence-electron chi connectivity index (χ3n) is 3.05. The summed E-state index contributed by atoms with van der Waals surface area (Å²) in [5.41, 5.74) is 1.71. The van der Waals surface area contributed by atoms with Crippen molar-refractivity contribution in [1.29, 1.82) is 0 Å². The first kappa shape index (κ1) is 16.4. The zero-order valence-electron chi connectivity index (χ0n) is 12.4. The Balaban J connectivity index is 2.01. The van der Waals surface area contributed by atoms with Crippen molar-refractivity contribution >= 4 is 34.6 Å². The molecule has 116 valence electrons. The molecule has 0 atom stereocenters. The third-order valence-corrected chi connectivity index (χ3v) is 3.67. The Kier molecular flexibility index (Phi) is 5.86. The lowest BCUT2D eigenvalue weighted by atomic mass is 10.2. The van der Waals surface area contributed by atoms with E-state index in [-0.39, 0.29) is 0 Å². The lowest BCUT2D eigenvalue weighted by Gasteiger charge is -2.14. The monoisotopic (exact) mass is 336 g/mol. The normalized spacial score (nSPS) is 9.95. The fraction of sp³-hybridized carbons (Fsp3) is 0.188. The number of methoxy groups -OCH3 is 2. The molecule has 2 rings (SSSR count). The van der Waals surface area contributed by atoms with Crippen LogP contribution >= 0.6 is 23.8 Å². The number of thiocarbonyl (C=S) groups is 1. The second-order valence-electron chi connectivity index (χ2n) is 4.47. The number of benzene rings is 2. The molecule has 0 amide bonds. The molecule has 0 radical (unpaired) electrons. The first-order valence-corrected chi connectivity index (χ1v) is 7.43. The number of hydrogen-bond acceptors (Lipinski definition) is 3. The molecule has 0 bridgehead atoms. The molecule has 0 aliphatic rings. The summed E-state index contributed by atoms with van der Waals surface area (Å²) >= 11 is 11.4. The van der Waals surface area contributed by atoms with Crippen molar-refractivity contribution in [3.05, 3.63) is 53.1 Å². The van der Waals surface area contributed by atoms with E-state index in [1.165, 1.54) is 0 Å². The van der Waals surface area contributed by atoms with Gasteiger partial charge in [0.15, 0.2) is 5.11 Å². The van der Waals surface area contributed by atoms with Crippen LogP contribution in [0.3, 0.4) is 0 Å². The van der Waals surface area contributed by atoms with E-state index in [1.54, 1.807) is 14.2 Å². The van der Waals surface area contributed by atoms with Crippen LogP contribution in [0.25, 0.3) is 0 Å². The van der Waals surface area contributed by atoms with E-state index in [2.05, 4.69) is 10.6 Å². The van der Waals surface area contributed by atoms with Gasteiger partial charge in [-0.25, -0.2) is 0 Å². The number of hydrogen-bond donors (Lipinski definition) is 2. The maximum Gasteiger partial charge on any atom is 0.171 e. The number of rotatable bonds is 5. The molecule has 0 saturated heterocycles. The predicted octanol–water partition coefficient (Wildman–Crippen LogP) is 3.84. The Morgan fingerprint density at radius 1 is 1.14 bits per heavy atom. The number of anilines is 1. The van der Waals surface area contributed by atoms with Gasteiger partial charge in [0.05, 0.1) is 19.9 Å². The van der Waals surface area contributed by atoms with Crippen LogP contribution in [0, 0.1) is 0 Å².